The molecule has 2 atom stereocenters. The molecule has 0 spiro atoms. The molecule has 25 heavy (non-hydrogen) atoms. The average Bonchev–Trinajstić information content (AvgIpc) is 2.54. The summed E-state index contributed by atoms with van der Waals surface area (Å²) in [5.41, 5.74) is 1.28. The predicted molar refractivity (Wildman–Crippen MR) is 107 cm³/mol. The smallest absolute Gasteiger partial charge is 0.0629 e. The van der Waals surface area contributed by atoms with Gasteiger partial charge in [0.15, 0.2) is 0 Å². The van der Waals surface area contributed by atoms with E-state index in [1.54, 1.807) is 0 Å². The highest BCUT2D eigenvalue weighted by Gasteiger charge is 2.33. The van der Waals surface area contributed by atoms with Crippen molar-refractivity contribution in [3.63, 3.8) is 0 Å². The van der Waals surface area contributed by atoms with Gasteiger partial charge < -0.3 is 15.0 Å². The van der Waals surface area contributed by atoms with Crippen molar-refractivity contribution in [1.82, 2.24) is 10.2 Å². The number of hydrogen-bond donors (Lipinski definition) is 1. The Balaban J connectivity index is 1.97. The fourth-order valence-electron chi connectivity index (χ4n) is 3.85. The molecule has 1 heterocycles. The monoisotopic (exact) mass is 366 g/mol. The molecule has 2 rings (SSSR count). The van der Waals surface area contributed by atoms with Crippen LogP contribution in [0, 0.1) is 11.8 Å². The van der Waals surface area contributed by atoms with E-state index in [9.17, 15) is 0 Å². The second-order valence-corrected chi connectivity index (χ2v) is 8.67. The first-order chi connectivity index (χ1) is 11.9. The molecule has 1 saturated heterocycles. The molecule has 1 aliphatic heterocycles. The van der Waals surface area contributed by atoms with Crippen molar-refractivity contribution < 1.29 is 4.74 Å². The highest BCUT2D eigenvalue weighted by Crippen LogP contribution is 2.37. The van der Waals surface area contributed by atoms with Gasteiger partial charge >= 0.3 is 0 Å². The van der Waals surface area contributed by atoms with Crippen LogP contribution in [-0.2, 0) is 11.2 Å². The minimum absolute atomic E-state index is 0.000000399. The number of likely N-dealkylation sites (N-methyl/N-ethyl adjacent to an activating group) is 1. The Morgan fingerprint density at radius 2 is 2.04 bits per heavy atom. The molecule has 0 aliphatic carbocycles. The molecule has 4 heteroatoms. The van der Waals surface area contributed by atoms with E-state index < -0.39 is 0 Å². The summed E-state index contributed by atoms with van der Waals surface area (Å²) in [4.78, 5) is 2.22. The minimum Gasteiger partial charge on any atom is -0.376 e. The van der Waals surface area contributed by atoms with Crippen LogP contribution in [-0.4, -0.2) is 50.8 Å². The lowest BCUT2D eigenvalue weighted by Crippen LogP contribution is -2.38. The maximum Gasteiger partial charge on any atom is 0.0629 e. The van der Waals surface area contributed by atoms with Crippen LogP contribution < -0.4 is 5.32 Å². The first-order valence-electron chi connectivity index (χ1n) is 9.60. The van der Waals surface area contributed by atoms with Crippen molar-refractivity contribution in [2.45, 2.75) is 45.1 Å². The topological polar surface area (TPSA) is 24.5 Å². The molecule has 1 fully saturated rings. The Kier molecular flexibility index (Phi) is 8.21. The Labute approximate surface area is 159 Å². The molecule has 3 nitrogen and oxygen atoms in total. The zero-order chi connectivity index (χ0) is 18.3. The standard InChI is InChI=1S/C21H35ClN2O/c1-21(2)16-19(10-14-25-21)17(9-11-23-12-13-24(3)4)15-18-7-5-6-8-20(18)22/h5-8,17,19,23H,9-16H2,1-4H3/t17-,19+/m1/s1. The number of benzene rings is 1. The third-order valence-corrected chi connectivity index (χ3v) is 5.64. The van der Waals surface area contributed by atoms with Gasteiger partial charge in [-0.3, -0.25) is 0 Å². The molecular formula is C21H35ClN2O. The van der Waals surface area contributed by atoms with Crippen LogP contribution in [0.5, 0.6) is 0 Å². The maximum absolute atomic E-state index is 6.44. The van der Waals surface area contributed by atoms with Crippen molar-refractivity contribution in [3.05, 3.63) is 34.9 Å². The highest BCUT2D eigenvalue weighted by molar-refractivity contribution is 6.31. The number of halogens is 1. The summed E-state index contributed by atoms with van der Waals surface area (Å²) in [6.45, 7) is 8.53. The van der Waals surface area contributed by atoms with E-state index in [1.165, 1.54) is 12.0 Å². The van der Waals surface area contributed by atoms with Crippen LogP contribution in [0.25, 0.3) is 0 Å². The van der Waals surface area contributed by atoms with Gasteiger partial charge in [-0.1, -0.05) is 29.8 Å². The summed E-state index contributed by atoms with van der Waals surface area (Å²) in [6.07, 6.45) is 4.56. The number of ether oxygens (including phenoxy) is 1. The molecule has 0 amide bonds. The first kappa shape index (κ1) is 20.7. The van der Waals surface area contributed by atoms with Crippen LogP contribution in [0.4, 0.5) is 0 Å². The molecule has 0 aromatic heterocycles. The van der Waals surface area contributed by atoms with Crippen LogP contribution >= 0.6 is 11.6 Å². The normalized spacial score (nSPS) is 21.4. The molecule has 0 unspecified atom stereocenters. The SMILES string of the molecule is CN(C)CCNCC[C@H](Cc1ccccc1Cl)[C@H]1CCOC(C)(C)C1. The van der Waals surface area contributed by atoms with E-state index in [0.717, 1.165) is 50.5 Å². The van der Waals surface area contributed by atoms with Crippen molar-refractivity contribution >= 4 is 11.6 Å². The summed E-state index contributed by atoms with van der Waals surface area (Å²) < 4.78 is 5.94. The van der Waals surface area contributed by atoms with Crippen molar-refractivity contribution in [1.29, 1.82) is 0 Å². The van der Waals surface area contributed by atoms with Crippen LogP contribution in [0.15, 0.2) is 24.3 Å². The lowest BCUT2D eigenvalue weighted by atomic mass is 9.75. The van der Waals surface area contributed by atoms with Gasteiger partial charge in [-0.2, -0.15) is 0 Å². The summed E-state index contributed by atoms with van der Waals surface area (Å²) in [7, 11) is 4.23. The second-order valence-electron chi connectivity index (χ2n) is 8.26. The summed E-state index contributed by atoms with van der Waals surface area (Å²) in [5.74, 6) is 1.35. The molecular weight excluding hydrogens is 332 g/mol. The van der Waals surface area contributed by atoms with Crippen LogP contribution in [0.1, 0.15) is 38.7 Å². The third-order valence-electron chi connectivity index (χ3n) is 5.27. The fraction of sp³-hybridized carbons (Fsp3) is 0.714. The van der Waals surface area contributed by atoms with Crippen LogP contribution in [0.2, 0.25) is 5.02 Å². The number of nitrogens with one attached hydrogen (secondary N) is 1. The molecule has 1 N–H and O–H groups in total. The number of rotatable bonds is 9. The Hall–Kier alpha value is -0.610. The fourth-order valence-corrected chi connectivity index (χ4v) is 4.06. The largest absolute Gasteiger partial charge is 0.376 e. The Bertz CT molecular complexity index is 518. The van der Waals surface area contributed by atoms with Crippen molar-refractivity contribution in [2.75, 3.05) is 40.3 Å². The second kappa shape index (κ2) is 9.91. The van der Waals surface area contributed by atoms with E-state index in [1.807, 2.05) is 12.1 Å². The summed E-state index contributed by atoms with van der Waals surface area (Å²) in [6, 6.07) is 8.30. The lowest BCUT2D eigenvalue weighted by molar-refractivity contribution is -0.0830. The Morgan fingerprint density at radius 1 is 1.28 bits per heavy atom. The van der Waals surface area contributed by atoms with Gasteiger partial charge in [-0.25, -0.2) is 0 Å². The maximum atomic E-state index is 6.44. The van der Waals surface area contributed by atoms with E-state index in [2.05, 4.69) is 50.3 Å². The molecule has 1 aromatic rings. The third kappa shape index (κ3) is 7.26. The number of hydrogen-bond acceptors (Lipinski definition) is 3. The molecule has 0 radical (unpaired) electrons. The summed E-state index contributed by atoms with van der Waals surface area (Å²) in [5, 5.41) is 4.50. The molecule has 0 saturated carbocycles. The van der Waals surface area contributed by atoms with Gasteiger partial charge in [0.05, 0.1) is 5.60 Å². The molecule has 1 aromatic carbocycles. The van der Waals surface area contributed by atoms with Gasteiger partial charge in [0, 0.05) is 24.7 Å². The minimum atomic E-state index is 0.000000399. The average molecular weight is 367 g/mol. The van der Waals surface area contributed by atoms with E-state index >= 15 is 0 Å². The Morgan fingerprint density at radius 3 is 2.72 bits per heavy atom. The molecule has 1 aliphatic rings. The van der Waals surface area contributed by atoms with E-state index in [-0.39, 0.29) is 5.60 Å². The quantitative estimate of drug-likeness (QED) is 0.661. The van der Waals surface area contributed by atoms with Crippen molar-refractivity contribution in [2.24, 2.45) is 11.8 Å². The van der Waals surface area contributed by atoms with Gasteiger partial charge in [0.2, 0.25) is 0 Å². The summed E-state index contributed by atoms with van der Waals surface area (Å²) >= 11 is 6.44. The number of nitrogens with zero attached hydrogens (tertiary/aromatic N) is 1. The zero-order valence-electron chi connectivity index (χ0n) is 16.4. The van der Waals surface area contributed by atoms with E-state index in [4.69, 9.17) is 16.3 Å². The van der Waals surface area contributed by atoms with Gasteiger partial charge in [-0.05, 0) is 83.6 Å². The lowest BCUT2D eigenvalue weighted by Gasteiger charge is -2.39. The molecule has 0 bridgehead atoms. The molecule has 142 valence electrons. The van der Waals surface area contributed by atoms with Gasteiger partial charge in [0.1, 0.15) is 0 Å². The first-order valence-corrected chi connectivity index (χ1v) is 9.98. The van der Waals surface area contributed by atoms with Gasteiger partial charge in [-0.15, -0.1) is 0 Å². The van der Waals surface area contributed by atoms with Crippen LogP contribution in [0.3, 0.4) is 0 Å². The predicted octanol–water partition coefficient (Wildman–Crippen LogP) is 4.25. The zero-order valence-corrected chi connectivity index (χ0v) is 17.1. The van der Waals surface area contributed by atoms with Crippen molar-refractivity contribution in [3.8, 4) is 0 Å². The van der Waals surface area contributed by atoms with E-state index in [0.29, 0.717) is 11.8 Å². The van der Waals surface area contributed by atoms with Gasteiger partial charge in [0.25, 0.3) is 0 Å². The highest BCUT2D eigenvalue weighted by atomic mass is 35.5.